The lowest BCUT2D eigenvalue weighted by Crippen LogP contribution is -2.25. The van der Waals surface area contributed by atoms with Crippen molar-refractivity contribution in [3.05, 3.63) is 23.8 Å². The largest absolute Gasteiger partial charge is 0.476 e. The molecule has 1 heterocycles. The lowest BCUT2D eigenvalue weighted by Gasteiger charge is -2.09. The van der Waals surface area contributed by atoms with Crippen molar-refractivity contribution < 1.29 is 14.7 Å². The summed E-state index contributed by atoms with van der Waals surface area (Å²) in [6.45, 7) is 0. The molecule has 0 radical (unpaired) electrons. The van der Waals surface area contributed by atoms with E-state index in [1.54, 1.807) is 0 Å². The summed E-state index contributed by atoms with van der Waals surface area (Å²) >= 11 is 0. The summed E-state index contributed by atoms with van der Waals surface area (Å²) in [5, 5.41) is 8.72. The second-order valence-corrected chi connectivity index (χ2v) is 2.76. The maximum absolute atomic E-state index is 11.4. The average molecular weight is 195 g/mol. The molecule has 74 valence electrons. The van der Waals surface area contributed by atoms with Crippen molar-refractivity contribution in [2.45, 2.75) is 0 Å². The zero-order chi connectivity index (χ0) is 10.7. The van der Waals surface area contributed by atoms with E-state index in [2.05, 4.69) is 9.97 Å². The van der Waals surface area contributed by atoms with Crippen LogP contribution in [-0.2, 0) is 0 Å². The van der Waals surface area contributed by atoms with Gasteiger partial charge < -0.3 is 10.0 Å². The van der Waals surface area contributed by atoms with Crippen LogP contribution in [0.1, 0.15) is 21.0 Å². The fraction of sp³-hybridized carbons (Fsp3) is 0.250. The van der Waals surface area contributed by atoms with Crippen LogP contribution in [0.3, 0.4) is 0 Å². The maximum Gasteiger partial charge on any atom is 0.356 e. The summed E-state index contributed by atoms with van der Waals surface area (Å²) in [6.07, 6.45) is 2.51. The number of carboxylic acids is 1. The first-order valence-corrected chi connectivity index (χ1v) is 3.80. The summed E-state index contributed by atoms with van der Waals surface area (Å²) in [4.78, 5) is 30.6. The van der Waals surface area contributed by atoms with Crippen LogP contribution in [0.25, 0.3) is 0 Å². The second kappa shape index (κ2) is 3.82. The van der Waals surface area contributed by atoms with Gasteiger partial charge in [0.2, 0.25) is 0 Å². The van der Waals surface area contributed by atoms with Crippen LogP contribution in [0.15, 0.2) is 12.4 Å². The number of carbonyl (C=O) groups excluding carboxylic acids is 1. The predicted molar refractivity (Wildman–Crippen MR) is 47.0 cm³/mol. The Kier molecular flexibility index (Phi) is 2.76. The molecule has 0 aliphatic rings. The number of nitrogens with zero attached hydrogens (tertiary/aromatic N) is 3. The standard InChI is InChI=1S/C8H9N3O3/c1-11(2)7(12)5-6(8(13)14)10-4-3-9-5/h3-4H,1-2H3,(H,13,14). The average Bonchev–Trinajstić information content (AvgIpc) is 2.16. The van der Waals surface area contributed by atoms with Crippen molar-refractivity contribution in [3.63, 3.8) is 0 Å². The zero-order valence-corrected chi connectivity index (χ0v) is 7.76. The molecule has 0 atom stereocenters. The predicted octanol–water partition coefficient (Wildman–Crippen LogP) is -0.123. The van der Waals surface area contributed by atoms with E-state index in [1.165, 1.54) is 31.4 Å². The van der Waals surface area contributed by atoms with Crippen molar-refractivity contribution in [1.29, 1.82) is 0 Å². The van der Waals surface area contributed by atoms with Crippen molar-refractivity contribution in [3.8, 4) is 0 Å². The lowest BCUT2D eigenvalue weighted by atomic mass is 10.3. The van der Waals surface area contributed by atoms with Gasteiger partial charge in [-0.3, -0.25) is 4.79 Å². The number of hydrogen-bond donors (Lipinski definition) is 1. The number of carboxylic acid groups (broad SMARTS) is 1. The third kappa shape index (κ3) is 1.85. The molecule has 0 spiro atoms. The molecule has 0 saturated carbocycles. The molecule has 0 bridgehead atoms. The van der Waals surface area contributed by atoms with E-state index in [-0.39, 0.29) is 11.4 Å². The van der Waals surface area contributed by atoms with E-state index >= 15 is 0 Å². The quantitative estimate of drug-likeness (QED) is 0.711. The smallest absolute Gasteiger partial charge is 0.356 e. The van der Waals surface area contributed by atoms with Crippen LogP contribution in [0, 0.1) is 0 Å². The first-order valence-electron chi connectivity index (χ1n) is 3.80. The molecule has 0 fully saturated rings. The first-order chi connectivity index (χ1) is 6.54. The topological polar surface area (TPSA) is 83.4 Å². The van der Waals surface area contributed by atoms with Crippen LogP contribution in [0.2, 0.25) is 0 Å². The van der Waals surface area contributed by atoms with Crippen LogP contribution in [0.4, 0.5) is 0 Å². The first kappa shape index (κ1) is 10.1. The third-order valence-electron chi connectivity index (χ3n) is 1.51. The minimum atomic E-state index is -1.26. The van der Waals surface area contributed by atoms with E-state index in [0.29, 0.717) is 0 Å². The Morgan fingerprint density at radius 3 is 2.14 bits per heavy atom. The normalized spacial score (nSPS) is 9.57. The highest BCUT2D eigenvalue weighted by atomic mass is 16.4. The van der Waals surface area contributed by atoms with E-state index in [4.69, 9.17) is 5.11 Å². The van der Waals surface area contributed by atoms with Crippen molar-refractivity contribution in [1.82, 2.24) is 14.9 Å². The molecule has 0 saturated heterocycles. The lowest BCUT2D eigenvalue weighted by molar-refractivity contribution is 0.0676. The van der Waals surface area contributed by atoms with Gasteiger partial charge in [0, 0.05) is 26.5 Å². The van der Waals surface area contributed by atoms with Gasteiger partial charge in [0.25, 0.3) is 5.91 Å². The van der Waals surface area contributed by atoms with E-state index < -0.39 is 11.9 Å². The minimum absolute atomic E-state index is 0.148. The summed E-state index contributed by atoms with van der Waals surface area (Å²) in [7, 11) is 3.03. The maximum atomic E-state index is 11.4. The molecule has 6 nitrogen and oxygen atoms in total. The number of rotatable bonds is 2. The molecular weight excluding hydrogens is 186 g/mol. The van der Waals surface area contributed by atoms with Gasteiger partial charge in [0.15, 0.2) is 11.4 Å². The number of hydrogen-bond acceptors (Lipinski definition) is 4. The molecule has 1 N–H and O–H groups in total. The molecule has 14 heavy (non-hydrogen) atoms. The van der Waals surface area contributed by atoms with Gasteiger partial charge >= 0.3 is 5.97 Å². The molecule has 0 aliphatic carbocycles. The second-order valence-electron chi connectivity index (χ2n) is 2.76. The number of amides is 1. The van der Waals surface area contributed by atoms with Crippen molar-refractivity contribution in [2.75, 3.05) is 14.1 Å². The molecule has 6 heteroatoms. The fourth-order valence-corrected chi connectivity index (χ4v) is 0.863. The highest BCUT2D eigenvalue weighted by Crippen LogP contribution is 2.03. The van der Waals surface area contributed by atoms with Gasteiger partial charge in [-0.15, -0.1) is 0 Å². The third-order valence-corrected chi connectivity index (χ3v) is 1.51. The Balaban J connectivity index is 3.20. The van der Waals surface area contributed by atoms with Crippen LogP contribution < -0.4 is 0 Å². The molecule has 0 unspecified atom stereocenters. The number of carbonyl (C=O) groups is 2. The van der Waals surface area contributed by atoms with Crippen molar-refractivity contribution >= 4 is 11.9 Å². The summed E-state index contributed by atoms with van der Waals surface area (Å²) < 4.78 is 0. The van der Waals surface area contributed by atoms with Gasteiger partial charge in [-0.1, -0.05) is 0 Å². The highest BCUT2D eigenvalue weighted by molar-refractivity contribution is 6.01. The van der Waals surface area contributed by atoms with Gasteiger partial charge in [0.1, 0.15) is 0 Å². The Hall–Kier alpha value is -1.98. The van der Waals surface area contributed by atoms with E-state index in [9.17, 15) is 9.59 Å². The Bertz CT molecular complexity index is 376. The monoisotopic (exact) mass is 195 g/mol. The molecule has 0 aromatic carbocycles. The van der Waals surface area contributed by atoms with E-state index in [0.717, 1.165) is 0 Å². The van der Waals surface area contributed by atoms with Gasteiger partial charge in [-0.05, 0) is 0 Å². The molecule has 1 amide bonds. The fourth-order valence-electron chi connectivity index (χ4n) is 0.863. The summed E-state index contributed by atoms with van der Waals surface area (Å²) in [5.41, 5.74) is -0.476. The van der Waals surface area contributed by atoms with E-state index in [1.807, 2.05) is 0 Å². The minimum Gasteiger partial charge on any atom is -0.476 e. The number of aromatic carboxylic acids is 1. The molecule has 1 rings (SSSR count). The molecule has 0 aliphatic heterocycles. The Morgan fingerprint density at radius 2 is 1.71 bits per heavy atom. The number of aromatic nitrogens is 2. The molecular formula is C8H9N3O3. The van der Waals surface area contributed by atoms with Gasteiger partial charge in [-0.25, -0.2) is 14.8 Å². The Labute approximate surface area is 80.2 Å². The van der Waals surface area contributed by atoms with Crippen LogP contribution >= 0.6 is 0 Å². The van der Waals surface area contributed by atoms with Gasteiger partial charge in [-0.2, -0.15) is 0 Å². The molecule has 1 aromatic heterocycles. The summed E-state index contributed by atoms with van der Waals surface area (Å²) in [6, 6.07) is 0. The Morgan fingerprint density at radius 1 is 1.21 bits per heavy atom. The highest BCUT2D eigenvalue weighted by Gasteiger charge is 2.20. The SMILES string of the molecule is CN(C)C(=O)c1nccnc1C(=O)O. The van der Waals surface area contributed by atoms with Crippen LogP contribution in [-0.4, -0.2) is 45.9 Å². The van der Waals surface area contributed by atoms with Crippen LogP contribution in [0.5, 0.6) is 0 Å². The van der Waals surface area contributed by atoms with Gasteiger partial charge in [0.05, 0.1) is 0 Å². The van der Waals surface area contributed by atoms with Crippen molar-refractivity contribution in [2.24, 2.45) is 0 Å². The zero-order valence-electron chi connectivity index (χ0n) is 7.76. The molecule has 1 aromatic rings. The summed E-state index contributed by atoms with van der Waals surface area (Å²) in [5.74, 6) is -1.74.